The molecule has 0 aromatic heterocycles. The van der Waals surface area contributed by atoms with E-state index >= 15 is 0 Å². The molecule has 1 aromatic carbocycles. The van der Waals surface area contributed by atoms with E-state index in [0.29, 0.717) is 19.4 Å². The molecular weight excluding hydrogens is 336 g/mol. The zero-order valence-electron chi connectivity index (χ0n) is 14.4. The van der Waals surface area contributed by atoms with Gasteiger partial charge in [-0.1, -0.05) is 18.2 Å². The molecule has 138 valence electrons. The molecule has 8 nitrogen and oxygen atoms in total. The summed E-state index contributed by atoms with van der Waals surface area (Å²) in [5.74, 6) is 3.50. The minimum atomic E-state index is -0.543. The number of nitrogens with zero attached hydrogens (tertiary/aromatic N) is 2. The Morgan fingerprint density at radius 3 is 2.77 bits per heavy atom. The lowest BCUT2D eigenvalue weighted by Crippen LogP contribution is -2.32. The van der Waals surface area contributed by atoms with Gasteiger partial charge in [-0.2, -0.15) is 10.6 Å². The van der Waals surface area contributed by atoms with Gasteiger partial charge in [0, 0.05) is 24.6 Å². The maximum absolute atomic E-state index is 12.5. The SMILES string of the molecule is C=CCCC(=O)ONC(=O)CC1CCN(c2ccc(C=NN)cc2)C1=O. The van der Waals surface area contributed by atoms with Crippen LogP contribution in [0.4, 0.5) is 5.69 Å². The van der Waals surface area contributed by atoms with E-state index in [1.54, 1.807) is 23.1 Å². The van der Waals surface area contributed by atoms with E-state index in [1.807, 2.05) is 12.1 Å². The number of anilines is 1. The Kier molecular flexibility index (Phi) is 6.90. The van der Waals surface area contributed by atoms with Crippen molar-refractivity contribution in [2.24, 2.45) is 16.9 Å². The third kappa shape index (κ3) is 5.17. The summed E-state index contributed by atoms with van der Waals surface area (Å²) in [6, 6.07) is 7.22. The van der Waals surface area contributed by atoms with Gasteiger partial charge in [-0.3, -0.25) is 9.59 Å². The van der Waals surface area contributed by atoms with Crippen LogP contribution in [0.15, 0.2) is 42.0 Å². The minimum absolute atomic E-state index is 0.0258. The fourth-order valence-electron chi connectivity index (χ4n) is 2.66. The predicted octanol–water partition coefficient (Wildman–Crippen LogP) is 1.26. The van der Waals surface area contributed by atoms with Crippen LogP contribution >= 0.6 is 0 Å². The summed E-state index contributed by atoms with van der Waals surface area (Å²) in [6.45, 7) is 4.03. The molecule has 2 rings (SSSR count). The van der Waals surface area contributed by atoms with Crippen molar-refractivity contribution < 1.29 is 19.2 Å². The van der Waals surface area contributed by atoms with Crippen molar-refractivity contribution in [2.75, 3.05) is 11.4 Å². The van der Waals surface area contributed by atoms with E-state index in [1.165, 1.54) is 6.21 Å². The highest BCUT2D eigenvalue weighted by molar-refractivity contribution is 5.99. The summed E-state index contributed by atoms with van der Waals surface area (Å²) in [5.41, 5.74) is 3.68. The second-order valence-electron chi connectivity index (χ2n) is 5.88. The molecule has 0 saturated carbocycles. The molecule has 1 aromatic rings. The lowest BCUT2D eigenvalue weighted by atomic mass is 10.0. The Bertz CT molecular complexity index is 700. The highest BCUT2D eigenvalue weighted by Gasteiger charge is 2.34. The number of carbonyl (C=O) groups is 3. The number of hydrazone groups is 1. The first-order chi connectivity index (χ1) is 12.5. The third-order valence-corrected chi connectivity index (χ3v) is 4.01. The standard InChI is InChI=1S/C18H22N4O4/c1-2-3-4-17(24)26-21-16(23)11-14-9-10-22(18(14)25)15-7-5-13(6-8-15)12-20-19/h2,5-8,12,14H,1,3-4,9-11,19H2,(H,21,23). The third-order valence-electron chi connectivity index (χ3n) is 4.01. The topological polar surface area (TPSA) is 114 Å². The molecule has 0 aliphatic carbocycles. The molecule has 3 N–H and O–H groups in total. The molecule has 0 bridgehead atoms. The van der Waals surface area contributed by atoms with Crippen LogP contribution in [-0.4, -0.2) is 30.5 Å². The van der Waals surface area contributed by atoms with Gasteiger partial charge in [0.2, 0.25) is 5.91 Å². The maximum atomic E-state index is 12.5. The summed E-state index contributed by atoms with van der Waals surface area (Å²) >= 11 is 0. The fourth-order valence-corrected chi connectivity index (χ4v) is 2.66. The molecule has 26 heavy (non-hydrogen) atoms. The van der Waals surface area contributed by atoms with E-state index in [2.05, 4.69) is 22.0 Å². The number of benzene rings is 1. The maximum Gasteiger partial charge on any atom is 0.332 e. The van der Waals surface area contributed by atoms with E-state index in [9.17, 15) is 14.4 Å². The van der Waals surface area contributed by atoms with Crippen molar-refractivity contribution >= 4 is 29.7 Å². The number of amides is 2. The quantitative estimate of drug-likeness (QED) is 0.330. The number of nitrogens with two attached hydrogens (primary N) is 1. The summed E-state index contributed by atoms with van der Waals surface area (Å²) in [6.07, 6.45) is 4.25. The van der Waals surface area contributed by atoms with Gasteiger partial charge in [0.1, 0.15) is 0 Å². The van der Waals surface area contributed by atoms with E-state index in [0.717, 1.165) is 11.3 Å². The number of hydrogen-bond acceptors (Lipinski definition) is 6. The smallest absolute Gasteiger partial charge is 0.332 e. The van der Waals surface area contributed by atoms with Gasteiger partial charge in [-0.25, -0.2) is 4.79 Å². The van der Waals surface area contributed by atoms with Crippen LogP contribution in [0.5, 0.6) is 0 Å². The largest absolute Gasteiger partial charge is 0.341 e. The number of nitrogens with one attached hydrogen (secondary N) is 1. The number of hydroxylamine groups is 1. The lowest BCUT2D eigenvalue weighted by molar-refractivity contribution is -0.158. The molecule has 1 atom stereocenters. The van der Waals surface area contributed by atoms with Crippen molar-refractivity contribution in [1.29, 1.82) is 0 Å². The Hall–Kier alpha value is -3.16. The van der Waals surface area contributed by atoms with Gasteiger partial charge in [0.05, 0.1) is 12.6 Å². The van der Waals surface area contributed by atoms with Gasteiger partial charge >= 0.3 is 5.97 Å². The Morgan fingerprint density at radius 2 is 2.12 bits per heavy atom. The van der Waals surface area contributed by atoms with E-state index in [4.69, 9.17) is 5.84 Å². The molecular formula is C18H22N4O4. The highest BCUT2D eigenvalue weighted by Crippen LogP contribution is 2.27. The van der Waals surface area contributed by atoms with Crippen molar-refractivity contribution in [3.63, 3.8) is 0 Å². The Balaban J connectivity index is 1.85. The molecule has 0 spiro atoms. The molecule has 1 aliphatic rings. The van der Waals surface area contributed by atoms with Crippen LogP contribution in [-0.2, 0) is 19.2 Å². The Labute approximate surface area is 151 Å². The highest BCUT2D eigenvalue weighted by atomic mass is 16.7. The predicted molar refractivity (Wildman–Crippen MR) is 97.0 cm³/mol. The molecule has 2 amide bonds. The van der Waals surface area contributed by atoms with Crippen LogP contribution in [0.3, 0.4) is 0 Å². The van der Waals surface area contributed by atoms with E-state index < -0.39 is 17.8 Å². The molecule has 1 heterocycles. The number of hydrogen-bond donors (Lipinski definition) is 2. The second kappa shape index (κ2) is 9.36. The van der Waals surface area contributed by atoms with Crippen molar-refractivity contribution in [2.45, 2.75) is 25.7 Å². The minimum Gasteiger partial charge on any atom is -0.341 e. The first-order valence-corrected chi connectivity index (χ1v) is 8.29. The van der Waals surface area contributed by atoms with Crippen LogP contribution in [0, 0.1) is 5.92 Å². The summed E-state index contributed by atoms with van der Waals surface area (Å²) in [4.78, 5) is 42.0. The molecule has 1 saturated heterocycles. The first kappa shape index (κ1) is 19.2. The lowest BCUT2D eigenvalue weighted by Gasteiger charge is -2.17. The fraction of sp³-hybridized carbons (Fsp3) is 0.333. The van der Waals surface area contributed by atoms with Crippen molar-refractivity contribution in [3.8, 4) is 0 Å². The van der Waals surface area contributed by atoms with Crippen LogP contribution in [0.2, 0.25) is 0 Å². The zero-order chi connectivity index (χ0) is 18.9. The van der Waals surface area contributed by atoms with Crippen LogP contribution in [0.25, 0.3) is 0 Å². The van der Waals surface area contributed by atoms with E-state index in [-0.39, 0.29) is 18.7 Å². The number of allylic oxidation sites excluding steroid dienone is 1. The molecule has 8 heteroatoms. The van der Waals surface area contributed by atoms with Crippen LogP contribution < -0.4 is 16.2 Å². The zero-order valence-corrected chi connectivity index (χ0v) is 14.4. The molecule has 1 fully saturated rings. The van der Waals surface area contributed by atoms with Gasteiger partial charge in [-0.15, -0.1) is 6.58 Å². The van der Waals surface area contributed by atoms with Gasteiger partial charge < -0.3 is 15.6 Å². The normalized spacial score (nSPS) is 16.7. The average Bonchev–Trinajstić information content (AvgIpc) is 2.99. The average molecular weight is 358 g/mol. The first-order valence-electron chi connectivity index (χ1n) is 8.29. The van der Waals surface area contributed by atoms with Gasteiger partial charge in [-0.05, 0) is 30.5 Å². The molecule has 0 radical (unpaired) electrons. The summed E-state index contributed by atoms with van der Waals surface area (Å²) in [5, 5.41) is 3.45. The molecule has 1 aliphatic heterocycles. The second-order valence-corrected chi connectivity index (χ2v) is 5.88. The number of rotatable bonds is 7. The summed E-state index contributed by atoms with van der Waals surface area (Å²) in [7, 11) is 0. The van der Waals surface area contributed by atoms with Crippen LogP contribution in [0.1, 0.15) is 31.2 Å². The summed E-state index contributed by atoms with van der Waals surface area (Å²) < 4.78 is 0. The van der Waals surface area contributed by atoms with Gasteiger partial charge in [0.25, 0.3) is 5.91 Å². The van der Waals surface area contributed by atoms with Crippen molar-refractivity contribution in [1.82, 2.24) is 5.48 Å². The molecule has 1 unspecified atom stereocenters. The Morgan fingerprint density at radius 1 is 1.38 bits per heavy atom. The monoisotopic (exact) mass is 358 g/mol. The number of carbonyl (C=O) groups excluding carboxylic acids is 3. The van der Waals surface area contributed by atoms with Crippen molar-refractivity contribution in [3.05, 3.63) is 42.5 Å². The van der Waals surface area contributed by atoms with Gasteiger partial charge in [0.15, 0.2) is 0 Å².